The Morgan fingerprint density at radius 3 is 3.04 bits per heavy atom. The Hall–Kier alpha value is -2.99. The molecule has 0 radical (unpaired) electrons. The van der Waals surface area contributed by atoms with Crippen molar-refractivity contribution in [1.29, 1.82) is 0 Å². The molecular weight excluding hydrogens is 314 g/mol. The second-order valence-electron chi connectivity index (χ2n) is 6.11. The molecule has 4 rings (SSSR count). The fourth-order valence-corrected chi connectivity index (χ4v) is 3.05. The van der Waals surface area contributed by atoms with Crippen molar-refractivity contribution in [1.82, 2.24) is 20.2 Å². The summed E-state index contributed by atoms with van der Waals surface area (Å²) in [6.07, 6.45) is 14.5. The van der Waals surface area contributed by atoms with Crippen molar-refractivity contribution in [2.75, 3.05) is 11.9 Å². The molecule has 2 unspecified atom stereocenters. The third kappa shape index (κ3) is 3.29. The van der Waals surface area contributed by atoms with Crippen LogP contribution in [0.3, 0.4) is 0 Å². The van der Waals surface area contributed by atoms with Gasteiger partial charge in [-0.2, -0.15) is 5.10 Å². The Labute approximate surface area is 145 Å². The second-order valence-corrected chi connectivity index (χ2v) is 6.11. The SMILES string of the molecule is OCC(Nc1cncc(-c2ccc3[nH]ncc3n2)c1)C1C=CC=CC1. The number of H-pyrrole nitrogens is 1. The summed E-state index contributed by atoms with van der Waals surface area (Å²) in [6.45, 7) is 0.0618. The van der Waals surface area contributed by atoms with Crippen LogP contribution in [0.4, 0.5) is 5.69 Å². The lowest BCUT2D eigenvalue weighted by atomic mass is 9.93. The molecule has 6 heteroatoms. The molecule has 0 aromatic carbocycles. The average Bonchev–Trinajstić information content (AvgIpc) is 3.15. The van der Waals surface area contributed by atoms with E-state index in [9.17, 15) is 5.11 Å². The highest BCUT2D eigenvalue weighted by Crippen LogP contribution is 2.24. The third-order valence-electron chi connectivity index (χ3n) is 4.41. The summed E-state index contributed by atoms with van der Waals surface area (Å²) in [7, 11) is 0. The van der Waals surface area contributed by atoms with Crippen molar-refractivity contribution in [2.45, 2.75) is 12.5 Å². The number of aliphatic hydroxyl groups excluding tert-OH is 1. The van der Waals surface area contributed by atoms with Gasteiger partial charge in [0.2, 0.25) is 0 Å². The van der Waals surface area contributed by atoms with Crippen molar-refractivity contribution in [3.63, 3.8) is 0 Å². The van der Waals surface area contributed by atoms with Crippen molar-refractivity contribution < 1.29 is 5.11 Å². The molecule has 0 spiro atoms. The minimum Gasteiger partial charge on any atom is -0.394 e. The molecule has 0 saturated heterocycles. The maximum absolute atomic E-state index is 9.76. The molecular formula is C19H19N5O. The number of allylic oxidation sites excluding steroid dienone is 3. The van der Waals surface area contributed by atoms with Gasteiger partial charge in [-0.3, -0.25) is 10.1 Å². The van der Waals surface area contributed by atoms with E-state index in [0.717, 1.165) is 34.4 Å². The smallest absolute Gasteiger partial charge is 0.109 e. The van der Waals surface area contributed by atoms with Crippen molar-refractivity contribution >= 4 is 16.7 Å². The molecule has 1 aliphatic carbocycles. The third-order valence-corrected chi connectivity index (χ3v) is 4.41. The van der Waals surface area contributed by atoms with E-state index in [1.54, 1.807) is 18.6 Å². The predicted octanol–water partition coefficient (Wildman–Crippen LogP) is 2.93. The summed E-state index contributed by atoms with van der Waals surface area (Å²) in [5.41, 5.74) is 4.36. The van der Waals surface area contributed by atoms with E-state index in [0.29, 0.717) is 0 Å². The van der Waals surface area contributed by atoms with Crippen LogP contribution in [-0.4, -0.2) is 37.9 Å². The molecule has 0 bridgehead atoms. The van der Waals surface area contributed by atoms with Crippen molar-refractivity contribution in [3.8, 4) is 11.3 Å². The van der Waals surface area contributed by atoms with Crippen molar-refractivity contribution in [2.24, 2.45) is 5.92 Å². The second kappa shape index (κ2) is 6.86. The zero-order valence-corrected chi connectivity index (χ0v) is 13.6. The summed E-state index contributed by atoms with van der Waals surface area (Å²) in [6, 6.07) is 5.86. The van der Waals surface area contributed by atoms with Crippen LogP contribution in [0.1, 0.15) is 6.42 Å². The Bertz CT molecular complexity index is 930. The fraction of sp³-hybridized carbons (Fsp3) is 0.211. The zero-order valence-electron chi connectivity index (χ0n) is 13.6. The van der Waals surface area contributed by atoms with E-state index in [2.05, 4.69) is 37.6 Å². The van der Waals surface area contributed by atoms with Gasteiger partial charge in [0.1, 0.15) is 5.52 Å². The quantitative estimate of drug-likeness (QED) is 0.668. The fourth-order valence-electron chi connectivity index (χ4n) is 3.05. The Kier molecular flexibility index (Phi) is 4.26. The molecule has 2 atom stereocenters. The van der Waals surface area contributed by atoms with Crippen LogP contribution in [0, 0.1) is 5.92 Å². The van der Waals surface area contributed by atoms with Crippen molar-refractivity contribution in [3.05, 3.63) is 61.1 Å². The van der Waals surface area contributed by atoms with Gasteiger partial charge in [0.05, 0.1) is 35.7 Å². The molecule has 0 fully saturated rings. The highest BCUT2D eigenvalue weighted by molar-refractivity contribution is 5.77. The molecule has 0 amide bonds. The van der Waals surface area contributed by atoms with Gasteiger partial charge in [-0.25, -0.2) is 4.98 Å². The largest absolute Gasteiger partial charge is 0.394 e. The number of hydrogen-bond acceptors (Lipinski definition) is 5. The highest BCUT2D eigenvalue weighted by atomic mass is 16.3. The number of aliphatic hydroxyl groups is 1. The van der Waals surface area contributed by atoms with Crippen LogP contribution in [0.5, 0.6) is 0 Å². The number of aromatic nitrogens is 4. The summed E-state index contributed by atoms with van der Waals surface area (Å²) in [5.74, 6) is 0.263. The summed E-state index contributed by atoms with van der Waals surface area (Å²) in [5, 5.41) is 20.1. The van der Waals surface area contributed by atoms with Gasteiger partial charge in [0.15, 0.2) is 0 Å². The van der Waals surface area contributed by atoms with E-state index in [-0.39, 0.29) is 18.6 Å². The van der Waals surface area contributed by atoms with Crippen LogP contribution >= 0.6 is 0 Å². The number of fused-ring (bicyclic) bond motifs is 1. The number of nitrogens with one attached hydrogen (secondary N) is 2. The van der Waals surface area contributed by atoms with E-state index in [1.165, 1.54) is 0 Å². The maximum Gasteiger partial charge on any atom is 0.109 e. The van der Waals surface area contributed by atoms with Crippen LogP contribution in [-0.2, 0) is 0 Å². The highest BCUT2D eigenvalue weighted by Gasteiger charge is 2.18. The Balaban J connectivity index is 1.58. The van der Waals surface area contributed by atoms with Gasteiger partial charge in [0.25, 0.3) is 0 Å². The summed E-state index contributed by atoms with van der Waals surface area (Å²) in [4.78, 5) is 8.93. The maximum atomic E-state index is 9.76. The number of aromatic amines is 1. The van der Waals surface area contributed by atoms with Gasteiger partial charge < -0.3 is 10.4 Å². The first-order chi connectivity index (χ1) is 12.3. The minimum atomic E-state index is -0.0532. The van der Waals surface area contributed by atoms with Gasteiger partial charge in [-0.05, 0) is 24.6 Å². The number of hydrogen-bond donors (Lipinski definition) is 3. The molecule has 1 aliphatic rings. The number of anilines is 1. The van der Waals surface area contributed by atoms with Gasteiger partial charge in [-0.15, -0.1) is 0 Å². The van der Waals surface area contributed by atoms with Crippen LogP contribution in [0.15, 0.2) is 61.1 Å². The molecule has 126 valence electrons. The standard InChI is InChI=1S/C19H19N5O/c25-12-19(13-4-2-1-3-5-13)22-15-8-14(9-20-10-15)16-6-7-17-18(23-16)11-21-24-17/h1-4,6-11,13,19,22,25H,5,12H2,(H,21,24). The monoisotopic (exact) mass is 333 g/mol. The molecule has 3 N–H and O–H groups in total. The molecule has 25 heavy (non-hydrogen) atoms. The number of rotatable bonds is 5. The molecule has 0 aliphatic heterocycles. The van der Waals surface area contributed by atoms with Gasteiger partial charge in [-0.1, -0.05) is 24.3 Å². The molecule has 0 saturated carbocycles. The molecule has 3 heterocycles. The predicted molar refractivity (Wildman–Crippen MR) is 98.0 cm³/mol. The topological polar surface area (TPSA) is 86.7 Å². The van der Waals surface area contributed by atoms with Gasteiger partial charge >= 0.3 is 0 Å². The van der Waals surface area contributed by atoms with Crippen LogP contribution in [0.2, 0.25) is 0 Å². The Morgan fingerprint density at radius 2 is 2.20 bits per heavy atom. The number of pyridine rings is 2. The normalized spacial score (nSPS) is 17.7. The first-order valence-electron chi connectivity index (χ1n) is 8.30. The summed E-state index contributed by atoms with van der Waals surface area (Å²) < 4.78 is 0. The molecule has 3 aromatic rings. The van der Waals surface area contributed by atoms with Crippen LogP contribution < -0.4 is 5.32 Å². The average molecular weight is 333 g/mol. The van der Waals surface area contributed by atoms with Gasteiger partial charge in [0, 0.05) is 23.9 Å². The summed E-state index contributed by atoms with van der Waals surface area (Å²) >= 11 is 0. The molecule has 6 nitrogen and oxygen atoms in total. The van der Waals surface area contributed by atoms with E-state index >= 15 is 0 Å². The lowest BCUT2D eigenvalue weighted by molar-refractivity contribution is 0.252. The first kappa shape index (κ1) is 15.5. The zero-order chi connectivity index (χ0) is 17.1. The first-order valence-corrected chi connectivity index (χ1v) is 8.30. The van der Waals surface area contributed by atoms with E-state index in [4.69, 9.17) is 0 Å². The van der Waals surface area contributed by atoms with E-state index < -0.39 is 0 Å². The minimum absolute atomic E-state index is 0.0532. The number of nitrogens with zero attached hydrogens (tertiary/aromatic N) is 3. The lowest BCUT2D eigenvalue weighted by Gasteiger charge is -2.25. The molecule has 3 aromatic heterocycles. The lowest BCUT2D eigenvalue weighted by Crippen LogP contribution is -2.32. The Morgan fingerprint density at radius 1 is 1.24 bits per heavy atom. The van der Waals surface area contributed by atoms with Crippen LogP contribution in [0.25, 0.3) is 22.3 Å². The van der Waals surface area contributed by atoms with E-state index in [1.807, 2.05) is 30.4 Å².